The average Bonchev–Trinajstić information content (AvgIpc) is 2.14. The zero-order valence-corrected chi connectivity index (χ0v) is 6.63. The molecule has 0 saturated carbocycles. The molecule has 1 rings (SSSR count). The Labute approximate surface area is 64.3 Å². The maximum atomic E-state index is 9.08. The third-order valence-electron chi connectivity index (χ3n) is 1.34. The Morgan fingerprint density at radius 2 is 2.40 bits per heavy atom. The van der Waals surface area contributed by atoms with Gasteiger partial charge in [-0.1, -0.05) is 11.6 Å². The summed E-state index contributed by atoms with van der Waals surface area (Å²) in [6.07, 6.45) is 0.960. The predicted molar refractivity (Wildman–Crippen MR) is 38.9 cm³/mol. The van der Waals surface area contributed by atoms with Gasteiger partial charge in [0, 0.05) is 7.05 Å². The lowest BCUT2D eigenvalue weighted by molar-refractivity contribution is 0.185. The number of aliphatic hydroxyl groups excluding tert-OH is 1. The molecule has 1 aromatic rings. The van der Waals surface area contributed by atoms with Gasteiger partial charge in [0.1, 0.15) is 17.1 Å². The molecule has 0 aliphatic heterocycles. The molecule has 1 atom stereocenters. The van der Waals surface area contributed by atoms with Gasteiger partial charge in [0.2, 0.25) is 0 Å². The maximum Gasteiger partial charge on any atom is 0.138 e. The molecule has 0 aromatic carbocycles. The van der Waals surface area contributed by atoms with E-state index in [1.165, 1.54) is 6.20 Å². The standard InChI is InChI=1S/C6H9ClN2O/c1-4(10)6-8-3-5(7)9(6)2/h3-4,10H,1-2H3/t4-/m1/s1. The van der Waals surface area contributed by atoms with Gasteiger partial charge in [-0.15, -0.1) is 0 Å². The highest BCUT2D eigenvalue weighted by atomic mass is 35.5. The molecule has 56 valence electrons. The fourth-order valence-corrected chi connectivity index (χ4v) is 0.926. The first-order valence-electron chi connectivity index (χ1n) is 2.98. The number of halogens is 1. The Kier molecular flexibility index (Phi) is 1.97. The molecule has 0 aliphatic carbocycles. The SMILES string of the molecule is C[C@@H](O)c1ncc(Cl)n1C. The first kappa shape index (κ1) is 7.57. The van der Waals surface area contributed by atoms with Crippen molar-refractivity contribution in [2.45, 2.75) is 13.0 Å². The Balaban J connectivity index is 3.05. The van der Waals surface area contributed by atoms with Crippen LogP contribution in [0.15, 0.2) is 6.20 Å². The molecule has 0 aliphatic rings. The van der Waals surface area contributed by atoms with Crippen LogP contribution in [0.3, 0.4) is 0 Å². The summed E-state index contributed by atoms with van der Waals surface area (Å²) in [7, 11) is 1.76. The molecule has 1 N–H and O–H groups in total. The quantitative estimate of drug-likeness (QED) is 0.669. The van der Waals surface area contributed by atoms with E-state index < -0.39 is 6.10 Å². The van der Waals surface area contributed by atoms with Crippen LogP contribution in [0.1, 0.15) is 18.9 Å². The number of rotatable bonds is 1. The largest absolute Gasteiger partial charge is 0.385 e. The summed E-state index contributed by atoms with van der Waals surface area (Å²) < 4.78 is 1.65. The van der Waals surface area contributed by atoms with Gasteiger partial charge in [0.05, 0.1) is 6.20 Å². The van der Waals surface area contributed by atoms with E-state index >= 15 is 0 Å². The van der Waals surface area contributed by atoms with Crippen molar-refractivity contribution in [1.29, 1.82) is 0 Å². The number of imidazole rings is 1. The monoisotopic (exact) mass is 160 g/mol. The normalized spacial score (nSPS) is 13.6. The molecular formula is C6H9ClN2O. The zero-order valence-electron chi connectivity index (χ0n) is 5.87. The molecule has 3 nitrogen and oxygen atoms in total. The van der Waals surface area contributed by atoms with Gasteiger partial charge in [-0.25, -0.2) is 4.98 Å². The van der Waals surface area contributed by atoms with Crippen LogP contribution < -0.4 is 0 Å². The number of aromatic nitrogens is 2. The van der Waals surface area contributed by atoms with Crippen LogP contribution in [-0.2, 0) is 7.05 Å². The molecule has 0 amide bonds. The minimum atomic E-state index is -0.558. The summed E-state index contributed by atoms with van der Waals surface area (Å²) in [5.74, 6) is 0.588. The van der Waals surface area contributed by atoms with Crippen LogP contribution in [-0.4, -0.2) is 14.7 Å². The van der Waals surface area contributed by atoms with Crippen molar-refractivity contribution in [3.05, 3.63) is 17.2 Å². The molecular weight excluding hydrogens is 152 g/mol. The summed E-state index contributed by atoms with van der Waals surface area (Å²) >= 11 is 5.66. The Hall–Kier alpha value is -0.540. The number of aliphatic hydroxyl groups is 1. The summed E-state index contributed by atoms with van der Waals surface area (Å²) in [6, 6.07) is 0. The van der Waals surface area contributed by atoms with Gasteiger partial charge in [-0.2, -0.15) is 0 Å². The van der Waals surface area contributed by atoms with Gasteiger partial charge in [0.15, 0.2) is 0 Å². The molecule has 4 heteroatoms. The summed E-state index contributed by atoms with van der Waals surface area (Å²) in [5.41, 5.74) is 0. The van der Waals surface area contributed by atoms with Gasteiger partial charge in [0.25, 0.3) is 0 Å². The fourth-order valence-electron chi connectivity index (χ4n) is 0.790. The van der Waals surface area contributed by atoms with Gasteiger partial charge in [-0.05, 0) is 6.92 Å². The van der Waals surface area contributed by atoms with Crippen LogP contribution in [0.2, 0.25) is 5.15 Å². The first-order valence-corrected chi connectivity index (χ1v) is 3.36. The predicted octanol–water partition coefficient (Wildman–Crippen LogP) is 1.13. The van der Waals surface area contributed by atoms with Gasteiger partial charge < -0.3 is 9.67 Å². The van der Waals surface area contributed by atoms with Crippen molar-refractivity contribution < 1.29 is 5.11 Å². The van der Waals surface area contributed by atoms with Crippen LogP contribution >= 0.6 is 11.6 Å². The average molecular weight is 161 g/mol. The molecule has 10 heavy (non-hydrogen) atoms. The highest BCUT2D eigenvalue weighted by Crippen LogP contribution is 2.14. The second kappa shape index (κ2) is 2.60. The lowest BCUT2D eigenvalue weighted by Gasteiger charge is -2.03. The lowest BCUT2D eigenvalue weighted by Crippen LogP contribution is -2.01. The lowest BCUT2D eigenvalue weighted by atomic mass is 10.4. The molecule has 0 radical (unpaired) electrons. The molecule has 1 heterocycles. The van der Waals surface area contributed by atoms with Crippen molar-refractivity contribution in [3.63, 3.8) is 0 Å². The second-order valence-corrected chi connectivity index (χ2v) is 2.56. The fraction of sp³-hybridized carbons (Fsp3) is 0.500. The Morgan fingerprint density at radius 1 is 1.80 bits per heavy atom. The third-order valence-corrected chi connectivity index (χ3v) is 1.69. The van der Waals surface area contributed by atoms with Crippen LogP contribution in [0.5, 0.6) is 0 Å². The van der Waals surface area contributed by atoms with E-state index in [0.717, 1.165) is 0 Å². The van der Waals surface area contributed by atoms with Crippen LogP contribution in [0, 0.1) is 0 Å². The van der Waals surface area contributed by atoms with E-state index in [1.807, 2.05) is 0 Å². The Morgan fingerprint density at radius 3 is 2.60 bits per heavy atom. The zero-order chi connectivity index (χ0) is 7.72. The smallest absolute Gasteiger partial charge is 0.138 e. The topological polar surface area (TPSA) is 38.1 Å². The molecule has 0 bridgehead atoms. The maximum absolute atomic E-state index is 9.08. The van der Waals surface area contributed by atoms with Gasteiger partial charge in [-0.3, -0.25) is 0 Å². The number of hydrogen-bond acceptors (Lipinski definition) is 2. The second-order valence-electron chi connectivity index (χ2n) is 2.17. The van der Waals surface area contributed by atoms with E-state index in [9.17, 15) is 0 Å². The van der Waals surface area contributed by atoms with Crippen molar-refractivity contribution in [2.24, 2.45) is 7.05 Å². The number of hydrogen-bond donors (Lipinski definition) is 1. The van der Waals surface area contributed by atoms with Crippen molar-refractivity contribution >= 4 is 11.6 Å². The van der Waals surface area contributed by atoms with E-state index in [4.69, 9.17) is 16.7 Å². The van der Waals surface area contributed by atoms with E-state index in [0.29, 0.717) is 11.0 Å². The summed E-state index contributed by atoms with van der Waals surface area (Å²) in [5, 5.41) is 9.61. The Bertz CT molecular complexity index is 232. The molecule has 0 unspecified atom stereocenters. The van der Waals surface area contributed by atoms with Gasteiger partial charge >= 0.3 is 0 Å². The van der Waals surface area contributed by atoms with E-state index in [2.05, 4.69) is 4.98 Å². The number of nitrogens with zero attached hydrogens (tertiary/aromatic N) is 2. The van der Waals surface area contributed by atoms with Crippen molar-refractivity contribution in [2.75, 3.05) is 0 Å². The molecule has 0 spiro atoms. The molecule has 0 saturated heterocycles. The highest BCUT2D eigenvalue weighted by molar-refractivity contribution is 6.29. The van der Waals surface area contributed by atoms with Crippen molar-refractivity contribution in [1.82, 2.24) is 9.55 Å². The third kappa shape index (κ3) is 1.15. The highest BCUT2D eigenvalue weighted by Gasteiger charge is 2.08. The van der Waals surface area contributed by atoms with Crippen molar-refractivity contribution in [3.8, 4) is 0 Å². The minimum absolute atomic E-state index is 0.538. The van der Waals surface area contributed by atoms with E-state index in [-0.39, 0.29) is 0 Å². The molecule has 0 fully saturated rings. The molecule has 1 aromatic heterocycles. The van der Waals surface area contributed by atoms with E-state index in [1.54, 1.807) is 18.5 Å². The summed E-state index contributed by atoms with van der Waals surface area (Å²) in [4.78, 5) is 3.90. The summed E-state index contributed by atoms with van der Waals surface area (Å²) in [6.45, 7) is 1.65. The first-order chi connectivity index (χ1) is 4.63. The minimum Gasteiger partial charge on any atom is -0.385 e. The van der Waals surface area contributed by atoms with Crippen LogP contribution in [0.4, 0.5) is 0 Å². The van der Waals surface area contributed by atoms with Crippen LogP contribution in [0.25, 0.3) is 0 Å².